The van der Waals surface area contributed by atoms with Gasteiger partial charge in [-0.2, -0.15) is 0 Å². The van der Waals surface area contributed by atoms with Crippen LogP contribution in [0.2, 0.25) is 0 Å². The number of hydrogen-bond donors (Lipinski definition) is 2. The summed E-state index contributed by atoms with van der Waals surface area (Å²) < 4.78 is 5.68. The minimum atomic E-state index is -0.516. The molecule has 1 aromatic carbocycles. The highest BCUT2D eigenvalue weighted by Crippen LogP contribution is 2.18. The topological polar surface area (TPSA) is 64.3 Å². The van der Waals surface area contributed by atoms with E-state index < -0.39 is 6.10 Å². The second-order valence-corrected chi connectivity index (χ2v) is 5.32. The summed E-state index contributed by atoms with van der Waals surface area (Å²) in [7, 11) is 0. The van der Waals surface area contributed by atoms with Crippen molar-refractivity contribution < 1.29 is 9.53 Å². The van der Waals surface area contributed by atoms with Gasteiger partial charge >= 0.3 is 0 Å². The lowest BCUT2D eigenvalue weighted by Gasteiger charge is -2.19. The number of carbonyl (C=O) groups is 1. The molecule has 0 heterocycles. The van der Waals surface area contributed by atoms with Crippen LogP contribution < -0.4 is 15.8 Å². The summed E-state index contributed by atoms with van der Waals surface area (Å²) >= 11 is 0. The molecule has 4 nitrogen and oxygen atoms in total. The number of nitrogens with one attached hydrogen (secondary N) is 1. The third-order valence-corrected chi connectivity index (χ3v) is 3.18. The fraction of sp³-hybridized carbons (Fsp3) is 0.562. The Morgan fingerprint density at radius 1 is 1.35 bits per heavy atom. The van der Waals surface area contributed by atoms with Crippen molar-refractivity contribution in [3.05, 3.63) is 29.8 Å². The van der Waals surface area contributed by atoms with E-state index in [1.807, 2.05) is 38.1 Å². The number of nitrogens with two attached hydrogens (primary N) is 1. The first-order chi connectivity index (χ1) is 9.43. The molecule has 0 saturated heterocycles. The van der Waals surface area contributed by atoms with Crippen LogP contribution in [0.15, 0.2) is 24.3 Å². The van der Waals surface area contributed by atoms with E-state index in [0.29, 0.717) is 5.75 Å². The van der Waals surface area contributed by atoms with Crippen LogP contribution >= 0.6 is 0 Å². The van der Waals surface area contributed by atoms with E-state index in [2.05, 4.69) is 12.2 Å². The Balaban J connectivity index is 2.59. The maximum atomic E-state index is 12.0. The zero-order valence-electron chi connectivity index (χ0n) is 12.8. The van der Waals surface area contributed by atoms with Crippen molar-refractivity contribution in [2.75, 3.05) is 0 Å². The van der Waals surface area contributed by atoms with Gasteiger partial charge in [-0.3, -0.25) is 4.79 Å². The van der Waals surface area contributed by atoms with Crippen molar-refractivity contribution in [1.82, 2.24) is 5.32 Å². The van der Waals surface area contributed by atoms with Crippen LogP contribution in [-0.2, 0) is 4.79 Å². The maximum absolute atomic E-state index is 12.0. The highest BCUT2D eigenvalue weighted by molar-refractivity contribution is 5.80. The molecule has 20 heavy (non-hydrogen) atoms. The molecule has 0 aliphatic carbocycles. The van der Waals surface area contributed by atoms with Gasteiger partial charge in [0.05, 0.1) is 0 Å². The van der Waals surface area contributed by atoms with Crippen LogP contribution in [0.3, 0.4) is 0 Å². The minimum absolute atomic E-state index is 0.0488. The molecule has 1 aromatic rings. The summed E-state index contributed by atoms with van der Waals surface area (Å²) in [5.74, 6) is 0.586. The first-order valence-corrected chi connectivity index (χ1v) is 7.26. The van der Waals surface area contributed by atoms with Crippen molar-refractivity contribution in [2.24, 2.45) is 5.73 Å². The molecule has 0 fully saturated rings. The fourth-order valence-electron chi connectivity index (χ4n) is 1.99. The lowest BCUT2D eigenvalue weighted by Crippen LogP contribution is -2.41. The van der Waals surface area contributed by atoms with E-state index in [0.717, 1.165) is 18.4 Å². The van der Waals surface area contributed by atoms with Crippen molar-refractivity contribution in [3.63, 3.8) is 0 Å². The van der Waals surface area contributed by atoms with Crippen LogP contribution in [0.25, 0.3) is 0 Å². The Morgan fingerprint density at radius 3 is 2.65 bits per heavy atom. The SMILES string of the molecule is CCCC(C)NC(=O)C(C)Oc1cccc(C(C)N)c1. The van der Waals surface area contributed by atoms with Crippen molar-refractivity contribution in [3.8, 4) is 5.75 Å². The molecule has 1 amide bonds. The summed E-state index contributed by atoms with van der Waals surface area (Å²) in [5.41, 5.74) is 6.83. The second kappa shape index (κ2) is 7.90. The Hall–Kier alpha value is -1.55. The van der Waals surface area contributed by atoms with Gasteiger partial charge in [0, 0.05) is 12.1 Å². The molecule has 0 saturated carbocycles. The van der Waals surface area contributed by atoms with E-state index in [1.165, 1.54) is 0 Å². The number of hydrogen-bond acceptors (Lipinski definition) is 3. The summed E-state index contributed by atoms with van der Waals surface area (Å²) in [6.07, 6.45) is 1.50. The summed E-state index contributed by atoms with van der Waals surface area (Å²) in [4.78, 5) is 12.0. The highest BCUT2D eigenvalue weighted by Gasteiger charge is 2.16. The summed E-state index contributed by atoms with van der Waals surface area (Å²) in [6.45, 7) is 7.78. The van der Waals surface area contributed by atoms with Crippen LogP contribution in [0.5, 0.6) is 5.75 Å². The fourth-order valence-corrected chi connectivity index (χ4v) is 1.99. The van der Waals surface area contributed by atoms with E-state index in [4.69, 9.17) is 10.5 Å². The van der Waals surface area contributed by atoms with E-state index in [1.54, 1.807) is 6.92 Å². The number of benzene rings is 1. The van der Waals surface area contributed by atoms with Crippen molar-refractivity contribution >= 4 is 5.91 Å². The molecule has 0 aliphatic heterocycles. The molecular formula is C16H26N2O2. The lowest BCUT2D eigenvalue weighted by atomic mass is 10.1. The van der Waals surface area contributed by atoms with Gasteiger partial charge in [-0.15, -0.1) is 0 Å². The van der Waals surface area contributed by atoms with Gasteiger partial charge in [0.25, 0.3) is 5.91 Å². The van der Waals surface area contributed by atoms with Crippen LogP contribution in [0, 0.1) is 0 Å². The Morgan fingerprint density at radius 2 is 2.05 bits per heavy atom. The molecular weight excluding hydrogens is 252 g/mol. The molecule has 4 heteroatoms. The van der Waals surface area contributed by atoms with Crippen molar-refractivity contribution in [1.29, 1.82) is 0 Å². The molecule has 0 aliphatic rings. The number of carbonyl (C=O) groups excluding carboxylic acids is 1. The lowest BCUT2D eigenvalue weighted by molar-refractivity contribution is -0.127. The third-order valence-electron chi connectivity index (χ3n) is 3.18. The van der Waals surface area contributed by atoms with Crippen LogP contribution in [0.1, 0.15) is 52.1 Å². The smallest absolute Gasteiger partial charge is 0.260 e. The van der Waals surface area contributed by atoms with Gasteiger partial charge in [-0.1, -0.05) is 25.5 Å². The summed E-state index contributed by atoms with van der Waals surface area (Å²) in [5, 5.41) is 2.95. The van der Waals surface area contributed by atoms with E-state index >= 15 is 0 Å². The van der Waals surface area contributed by atoms with E-state index in [9.17, 15) is 4.79 Å². The molecule has 1 rings (SSSR count). The highest BCUT2D eigenvalue weighted by atomic mass is 16.5. The number of rotatable bonds is 7. The molecule has 112 valence electrons. The molecule has 0 bridgehead atoms. The number of amides is 1. The Labute approximate surface area is 121 Å². The van der Waals surface area contributed by atoms with Crippen LogP contribution in [-0.4, -0.2) is 18.1 Å². The zero-order valence-corrected chi connectivity index (χ0v) is 12.8. The van der Waals surface area contributed by atoms with Gasteiger partial charge in [0.2, 0.25) is 0 Å². The maximum Gasteiger partial charge on any atom is 0.260 e. The van der Waals surface area contributed by atoms with Gasteiger partial charge in [-0.25, -0.2) is 0 Å². The van der Waals surface area contributed by atoms with Crippen LogP contribution in [0.4, 0.5) is 0 Å². The Kier molecular flexibility index (Phi) is 6.52. The molecule has 3 unspecified atom stereocenters. The normalized spacial score (nSPS) is 15.2. The van der Waals surface area contributed by atoms with Gasteiger partial charge in [0.1, 0.15) is 5.75 Å². The molecule has 0 radical (unpaired) electrons. The van der Waals surface area contributed by atoms with Gasteiger partial charge < -0.3 is 15.8 Å². The molecule has 0 aromatic heterocycles. The van der Waals surface area contributed by atoms with Gasteiger partial charge in [0.15, 0.2) is 6.10 Å². The largest absolute Gasteiger partial charge is 0.481 e. The first kappa shape index (κ1) is 16.5. The Bertz CT molecular complexity index is 432. The molecule has 3 atom stereocenters. The quantitative estimate of drug-likeness (QED) is 0.806. The third kappa shape index (κ3) is 5.21. The first-order valence-electron chi connectivity index (χ1n) is 7.26. The predicted octanol–water partition coefficient (Wildman–Crippen LogP) is 2.78. The average molecular weight is 278 g/mol. The standard InChI is InChI=1S/C16H26N2O2/c1-5-7-11(2)18-16(19)13(4)20-15-9-6-8-14(10-15)12(3)17/h6,8-13H,5,7,17H2,1-4H3,(H,18,19). The molecule has 3 N–H and O–H groups in total. The van der Waals surface area contributed by atoms with E-state index in [-0.39, 0.29) is 18.0 Å². The average Bonchev–Trinajstić information content (AvgIpc) is 2.39. The minimum Gasteiger partial charge on any atom is -0.481 e. The van der Waals surface area contributed by atoms with Gasteiger partial charge in [-0.05, 0) is 44.9 Å². The predicted molar refractivity (Wildman–Crippen MR) is 81.6 cm³/mol. The zero-order chi connectivity index (χ0) is 15.1. The van der Waals surface area contributed by atoms with Crippen molar-refractivity contribution in [2.45, 2.75) is 58.7 Å². The number of ether oxygens (including phenoxy) is 1. The second-order valence-electron chi connectivity index (χ2n) is 5.32. The molecule has 0 spiro atoms. The summed E-state index contributed by atoms with van der Waals surface area (Å²) in [6, 6.07) is 7.68. The monoisotopic (exact) mass is 278 g/mol.